The average molecular weight is 408 g/mol. The fraction of sp³-hybridized carbons (Fsp3) is 0.375. The first-order chi connectivity index (χ1) is 14.6. The Bertz CT molecular complexity index is 819. The molecular formula is C24H29N3O3. The van der Waals surface area contributed by atoms with E-state index >= 15 is 0 Å². The summed E-state index contributed by atoms with van der Waals surface area (Å²) in [6.45, 7) is 2.14. The van der Waals surface area contributed by atoms with E-state index in [1.54, 1.807) is 0 Å². The highest BCUT2D eigenvalue weighted by atomic mass is 16.5. The number of hydrogen-bond acceptors (Lipinski definition) is 4. The Hall–Kier alpha value is -3.33. The summed E-state index contributed by atoms with van der Waals surface area (Å²) in [6.07, 6.45) is 2.75. The van der Waals surface area contributed by atoms with E-state index in [4.69, 9.17) is 10.00 Å². The SMILES string of the molecule is CCCCC(CC(NC(=O)OCc1ccccc1)C(=O)NCC#N)c1ccccc1. The summed E-state index contributed by atoms with van der Waals surface area (Å²) in [4.78, 5) is 25.0. The molecule has 0 saturated carbocycles. The van der Waals surface area contributed by atoms with Crippen LogP contribution in [0.5, 0.6) is 0 Å². The minimum absolute atomic E-state index is 0.110. The van der Waals surface area contributed by atoms with Gasteiger partial charge in [0.25, 0.3) is 0 Å². The van der Waals surface area contributed by atoms with Gasteiger partial charge in [-0.2, -0.15) is 5.26 Å². The maximum Gasteiger partial charge on any atom is 0.408 e. The lowest BCUT2D eigenvalue weighted by Crippen LogP contribution is -2.47. The van der Waals surface area contributed by atoms with Crippen LogP contribution in [0.1, 0.15) is 49.7 Å². The summed E-state index contributed by atoms with van der Waals surface area (Å²) in [5.41, 5.74) is 1.99. The predicted octanol–water partition coefficient (Wildman–Crippen LogP) is 4.29. The Morgan fingerprint density at radius 1 is 1.07 bits per heavy atom. The van der Waals surface area contributed by atoms with Crippen LogP contribution in [0.2, 0.25) is 0 Å². The number of carbonyl (C=O) groups is 2. The lowest BCUT2D eigenvalue weighted by atomic mass is 9.87. The highest BCUT2D eigenvalue weighted by molar-refractivity contribution is 5.85. The molecule has 6 nitrogen and oxygen atoms in total. The smallest absolute Gasteiger partial charge is 0.408 e. The molecule has 0 spiro atoms. The number of carbonyl (C=O) groups excluding carboxylic acids is 2. The van der Waals surface area contributed by atoms with E-state index in [0.29, 0.717) is 6.42 Å². The Labute approximate surface area is 178 Å². The second-order valence-electron chi connectivity index (χ2n) is 7.12. The number of unbranched alkanes of at least 4 members (excludes halogenated alkanes) is 1. The standard InChI is InChI=1S/C24H29N3O3/c1-2-3-12-21(20-13-8-5-9-14-20)17-22(23(28)26-16-15-25)27-24(29)30-18-19-10-6-4-7-11-19/h4-11,13-14,21-22H,2-3,12,16-18H2,1H3,(H,26,28)(H,27,29). The summed E-state index contributed by atoms with van der Waals surface area (Å²) in [5.74, 6) is -0.274. The van der Waals surface area contributed by atoms with Crippen LogP contribution in [0, 0.1) is 11.3 Å². The molecule has 6 heteroatoms. The topological polar surface area (TPSA) is 91.2 Å². The van der Waals surface area contributed by atoms with Crippen molar-refractivity contribution in [1.82, 2.24) is 10.6 Å². The van der Waals surface area contributed by atoms with Crippen LogP contribution in [0.3, 0.4) is 0 Å². The zero-order valence-corrected chi connectivity index (χ0v) is 17.3. The molecule has 0 saturated heterocycles. The molecule has 158 valence electrons. The zero-order chi connectivity index (χ0) is 21.6. The van der Waals surface area contributed by atoms with Gasteiger partial charge in [-0.1, -0.05) is 80.4 Å². The first-order valence-corrected chi connectivity index (χ1v) is 10.3. The van der Waals surface area contributed by atoms with Gasteiger partial charge in [-0.05, 0) is 29.9 Å². The van der Waals surface area contributed by atoms with Gasteiger partial charge >= 0.3 is 6.09 Å². The van der Waals surface area contributed by atoms with Crippen molar-refractivity contribution >= 4 is 12.0 Å². The van der Waals surface area contributed by atoms with Crippen molar-refractivity contribution < 1.29 is 14.3 Å². The first-order valence-electron chi connectivity index (χ1n) is 10.3. The molecule has 0 aliphatic rings. The van der Waals surface area contributed by atoms with Gasteiger partial charge in [0, 0.05) is 0 Å². The molecule has 0 heterocycles. The highest BCUT2D eigenvalue weighted by Gasteiger charge is 2.26. The van der Waals surface area contributed by atoms with Gasteiger partial charge in [0.2, 0.25) is 5.91 Å². The van der Waals surface area contributed by atoms with Crippen LogP contribution in [-0.4, -0.2) is 24.6 Å². The maximum absolute atomic E-state index is 12.6. The van der Waals surface area contributed by atoms with Crippen LogP contribution >= 0.6 is 0 Å². The van der Waals surface area contributed by atoms with Crippen molar-refractivity contribution in [3.8, 4) is 6.07 Å². The second kappa shape index (κ2) is 13.0. The van der Waals surface area contributed by atoms with Crippen LogP contribution in [0.4, 0.5) is 4.79 Å². The minimum Gasteiger partial charge on any atom is -0.445 e. The van der Waals surface area contributed by atoms with E-state index in [2.05, 4.69) is 17.6 Å². The summed E-state index contributed by atoms with van der Waals surface area (Å²) >= 11 is 0. The third kappa shape index (κ3) is 7.96. The molecule has 2 aromatic carbocycles. The molecule has 2 atom stereocenters. The molecule has 2 unspecified atom stereocenters. The largest absolute Gasteiger partial charge is 0.445 e. The van der Waals surface area contributed by atoms with Crippen LogP contribution in [0.25, 0.3) is 0 Å². The lowest BCUT2D eigenvalue weighted by Gasteiger charge is -2.24. The van der Waals surface area contributed by atoms with Gasteiger partial charge in [-0.15, -0.1) is 0 Å². The van der Waals surface area contributed by atoms with Crippen LogP contribution in [0.15, 0.2) is 60.7 Å². The van der Waals surface area contributed by atoms with Crippen molar-refractivity contribution in [2.45, 2.75) is 51.2 Å². The van der Waals surface area contributed by atoms with Crippen molar-refractivity contribution in [3.63, 3.8) is 0 Å². The predicted molar refractivity (Wildman–Crippen MR) is 115 cm³/mol. The van der Waals surface area contributed by atoms with E-state index < -0.39 is 12.1 Å². The van der Waals surface area contributed by atoms with Crippen LogP contribution < -0.4 is 10.6 Å². The minimum atomic E-state index is -0.788. The summed E-state index contributed by atoms with van der Waals surface area (Å²) in [6, 6.07) is 20.4. The molecule has 0 bridgehead atoms. The van der Waals surface area contributed by atoms with Gasteiger partial charge in [0.05, 0.1) is 6.07 Å². The number of rotatable bonds is 11. The molecule has 0 fully saturated rings. The van der Waals surface area contributed by atoms with Crippen molar-refractivity contribution in [3.05, 3.63) is 71.8 Å². The number of benzene rings is 2. The normalized spacial score (nSPS) is 12.3. The molecule has 0 aliphatic heterocycles. The third-order valence-electron chi connectivity index (χ3n) is 4.86. The zero-order valence-electron chi connectivity index (χ0n) is 17.3. The molecule has 2 aromatic rings. The van der Waals surface area contributed by atoms with Gasteiger partial charge in [-0.3, -0.25) is 4.79 Å². The molecule has 2 amide bonds. The fourth-order valence-corrected chi connectivity index (χ4v) is 3.27. The molecule has 2 rings (SSSR count). The molecule has 2 N–H and O–H groups in total. The lowest BCUT2D eigenvalue weighted by molar-refractivity contribution is -0.123. The van der Waals surface area contributed by atoms with E-state index in [1.165, 1.54) is 0 Å². The molecule has 30 heavy (non-hydrogen) atoms. The number of nitrogens with zero attached hydrogens (tertiary/aromatic N) is 1. The summed E-state index contributed by atoms with van der Waals surface area (Å²) < 4.78 is 5.29. The Morgan fingerprint density at radius 3 is 2.37 bits per heavy atom. The molecular weight excluding hydrogens is 378 g/mol. The van der Waals surface area contributed by atoms with Gasteiger partial charge in [0.1, 0.15) is 19.2 Å². The van der Waals surface area contributed by atoms with E-state index in [0.717, 1.165) is 30.4 Å². The maximum atomic E-state index is 12.6. The summed E-state index contributed by atoms with van der Waals surface area (Å²) in [7, 11) is 0. The van der Waals surface area contributed by atoms with Gasteiger partial charge in [0.15, 0.2) is 0 Å². The fourth-order valence-electron chi connectivity index (χ4n) is 3.27. The van der Waals surface area contributed by atoms with Crippen molar-refractivity contribution in [2.75, 3.05) is 6.54 Å². The van der Waals surface area contributed by atoms with Crippen molar-refractivity contribution in [1.29, 1.82) is 5.26 Å². The van der Waals surface area contributed by atoms with Gasteiger partial charge in [-0.25, -0.2) is 4.79 Å². The number of nitrogens with one attached hydrogen (secondary N) is 2. The van der Waals surface area contributed by atoms with E-state index in [9.17, 15) is 9.59 Å². The third-order valence-corrected chi connectivity index (χ3v) is 4.86. The molecule has 0 aliphatic carbocycles. The van der Waals surface area contributed by atoms with Gasteiger partial charge < -0.3 is 15.4 Å². The Balaban J connectivity index is 2.07. The molecule has 0 radical (unpaired) electrons. The molecule has 0 aromatic heterocycles. The van der Waals surface area contributed by atoms with Crippen LogP contribution in [-0.2, 0) is 16.1 Å². The summed E-state index contributed by atoms with van der Waals surface area (Å²) in [5, 5.41) is 14.0. The quantitative estimate of drug-likeness (QED) is 0.544. The average Bonchev–Trinajstić information content (AvgIpc) is 2.79. The number of hydrogen-bond donors (Lipinski definition) is 2. The number of alkyl carbamates (subject to hydrolysis) is 1. The Kier molecular flexibility index (Phi) is 9.94. The monoisotopic (exact) mass is 407 g/mol. The van der Waals surface area contributed by atoms with E-state index in [1.807, 2.05) is 66.7 Å². The number of nitriles is 1. The van der Waals surface area contributed by atoms with E-state index in [-0.39, 0.29) is 25.0 Å². The van der Waals surface area contributed by atoms with Crippen molar-refractivity contribution in [2.24, 2.45) is 0 Å². The second-order valence-corrected chi connectivity index (χ2v) is 7.12. The number of amides is 2. The Morgan fingerprint density at radius 2 is 1.73 bits per heavy atom. The number of ether oxygens (including phenoxy) is 1. The highest BCUT2D eigenvalue weighted by Crippen LogP contribution is 2.27. The first kappa shape index (κ1) is 23.0.